The van der Waals surface area contributed by atoms with Gasteiger partial charge in [0, 0.05) is 27.9 Å². The Hall–Kier alpha value is -2.38. The minimum absolute atomic E-state index is 0.0305. The van der Waals surface area contributed by atoms with E-state index < -0.39 is 0 Å². The fourth-order valence-corrected chi connectivity index (χ4v) is 3.49. The van der Waals surface area contributed by atoms with Crippen molar-refractivity contribution in [3.05, 3.63) is 93.1 Å². The molecule has 0 heterocycles. The van der Waals surface area contributed by atoms with E-state index in [1.54, 1.807) is 0 Å². The molecule has 0 bridgehead atoms. The molecule has 0 saturated carbocycles. The molecule has 0 spiro atoms. The minimum Gasteiger partial charge on any atom is -0.483 e. The molecule has 31 heavy (non-hydrogen) atoms. The molecule has 3 aromatic carbocycles. The summed E-state index contributed by atoms with van der Waals surface area (Å²) in [5.74, 6) is 0.541. The maximum atomic E-state index is 12.2. The van der Waals surface area contributed by atoms with Gasteiger partial charge in [-0.05, 0) is 69.5 Å². The van der Waals surface area contributed by atoms with Gasteiger partial charge in [-0.25, -0.2) is 0 Å². The van der Waals surface area contributed by atoms with Gasteiger partial charge in [-0.1, -0.05) is 63.2 Å². The van der Waals surface area contributed by atoms with Crippen LogP contribution in [0.15, 0.2) is 72.8 Å². The molecule has 0 fully saturated rings. The first-order valence-electron chi connectivity index (χ1n) is 10.4. The Kier molecular flexibility index (Phi) is 8.09. The van der Waals surface area contributed by atoms with Gasteiger partial charge in [0.25, 0.3) is 5.91 Å². The van der Waals surface area contributed by atoms with Crippen LogP contribution >= 0.6 is 22.6 Å². The van der Waals surface area contributed by atoms with Crippen molar-refractivity contribution in [2.75, 3.05) is 11.9 Å². The van der Waals surface area contributed by atoms with E-state index in [-0.39, 0.29) is 17.9 Å². The first-order valence-corrected chi connectivity index (χ1v) is 11.5. The number of halogens is 1. The highest BCUT2D eigenvalue weighted by Gasteiger charge is 2.13. The maximum absolute atomic E-state index is 12.2. The van der Waals surface area contributed by atoms with Crippen molar-refractivity contribution < 1.29 is 9.53 Å². The molecule has 0 aromatic heterocycles. The topological polar surface area (TPSA) is 50.4 Å². The van der Waals surface area contributed by atoms with E-state index in [2.05, 4.69) is 78.3 Å². The van der Waals surface area contributed by atoms with Gasteiger partial charge >= 0.3 is 0 Å². The Bertz CT molecular complexity index is 993. The molecule has 3 rings (SSSR count). The second-order valence-electron chi connectivity index (χ2n) is 8.50. The van der Waals surface area contributed by atoms with Gasteiger partial charge in [-0.2, -0.15) is 0 Å². The predicted molar refractivity (Wildman–Crippen MR) is 135 cm³/mol. The largest absolute Gasteiger partial charge is 0.483 e. The zero-order valence-electron chi connectivity index (χ0n) is 18.2. The highest BCUT2D eigenvalue weighted by Crippen LogP contribution is 2.22. The van der Waals surface area contributed by atoms with Crippen LogP contribution < -0.4 is 15.4 Å². The second-order valence-corrected chi connectivity index (χ2v) is 9.75. The van der Waals surface area contributed by atoms with E-state index in [9.17, 15) is 4.79 Å². The average molecular weight is 528 g/mol. The molecule has 4 nitrogen and oxygen atoms in total. The molecule has 0 aliphatic rings. The Morgan fingerprint density at radius 1 is 0.903 bits per heavy atom. The molecule has 0 aliphatic carbocycles. The molecule has 0 unspecified atom stereocenters. The van der Waals surface area contributed by atoms with Crippen molar-refractivity contribution in [3.63, 3.8) is 0 Å². The average Bonchev–Trinajstić information content (AvgIpc) is 2.74. The monoisotopic (exact) mass is 528 g/mol. The zero-order valence-corrected chi connectivity index (χ0v) is 20.4. The summed E-state index contributed by atoms with van der Waals surface area (Å²) < 4.78 is 6.92. The lowest BCUT2D eigenvalue weighted by Gasteiger charge is -2.19. The second kappa shape index (κ2) is 10.8. The minimum atomic E-state index is -0.178. The van der Waals surface area contributed by atoms with Crippen molar-refractivity contribution >= 4 is 34.2 Å². The molecule has 0 saturated heterocycles. The van der Waals surface area contributed by atoms with Crippen LogP contribution in [0.3, 0.4) is 0 Å². The number of benzene rings is 3. The molecule has 5 heteroatoms. The maximum Gasteiger partial charge on any atom is 0.262 e. The highest BCUT2D eigenvalue weighted by molar-refractivity contribution is 14.1. The summed E-state index contributed by atoms with van der Waals surface area (Å²) in [5.41, 5.74) is 4.52. The third-order valence-corrected chi connectivity index (χ3v) is 5.64. The summed E-state index contributed by atoms with van der Waals surface area (Å²) in [5, 5.41) is 6.32. The van der Waals surface area contributed by atoms with E-state index in [1.165, 1.54) is 11.1 Å². The van der Waals surface area contributed by atoms with E-state index in [0.29, 0.717) is 6.54 Å². The van der Waals surface area contributed by atoms with Gasteiger partial charge < -0.3 is 15.4 Å². The van der Waals surface area contributed by atoms with Crippen molar-refractivity contribution in [1.29, 1.82) is 0 Å². The molecular formula is C26H29IN2O2. The summed E-state index contributed by atoms with van der Waals surface area (Å²) in [7, 11) is 0. The zero-order chi connectivity index (χ0) is 22.3. The number of para-hydroxylation sites is 1. The molecule has 1 amide bonds. The van der Waals surface area contributed by atoms with E-state index in [4.69, 9.17) is 4.74 Å². The van der Waals surface area contributed by atoms with Gasteiger partial charge in [-0.15, -0.1) is 0 Å². The van der Waals surface area contributed by atoms with E-state index in [1.807, 2.05) is 48.5 Å². The van der Waals surface area contributed by atoms with Gasteiger partial charge in [0.05, 0.1) is 0 Å². The molecule has 0 radical (unpaired) electrons. The molecule has 3 aromatic rings. The Morgan fingerprint density at radius 2 is 1.58 bits per heavy atom. The highest BCUT2D eigenvalue weighted by atomic mass is 127. The molecule has 2 N–H and O–H groups in total. The van der Waals surface area contributed by atoms with Crippen molar-refractivity contribution in [2.45, 2.75) is 39.3 Å². The van der Waals surface area contributed by atoms with Gasteiger partial charge in [0.1, 0.15) is 5.75 Å². The van der Waals surface area contributed by atoms with Gasteiger partial charge in [0.15, 0.2) is 6.61 Å². The van der Waals surface area contributed by atoms with Crippen LogP contribution in [-0.2, 0) is 23.3 Å². The van der Waals surface area contributed by atoms with Gasteiger partial charge in [0.2, 0.25) is 0 Å². The van der Waals surface area contributed by atoms with Crippen LogP contribution in [0.2, 0.25) is 0 Å². The van der Waals surface area contributed by atoms with Crippen LogP contribution in [0.25, 0.3) is 0 Å². The number of amides is 1. The molecule has 162 valence electrons. The summed E-state index contributed by atoms with van der Waals surface area (Å²) >= 11 is 2.23. The quantitative estimate of drug-likeness (QED) is 0.359. The summed E-state index contributed by atoms with van der Waals surface area (Å²) in [4.78, 5) is 12.2. The van der Waals surface area contributed by atoms with E-state index in [0.717, 1.165) is 27.1 Å². The smallest absolute Gasteiger partial charge is 0.262 e. The number of carbonyl (C=O) groups excluding carboxylic acids is 1. The van der Waals surface area contributed by atoms with Crippen LogP contribution in [0.1, 0.15) is 37.5 Å². The number of carbonyl (C=O) groups is 1. The summed E-state index contributed by atoms with van der Waals surface area (Å²) in [6, 6.07) is 24.2. The van der Waals surface area contributed by atoms with Gasteiger partial charge in [-0.3, -0.25) is 4.79 Å². The van der Waals surface area contributed by atoms with E-state index >= 15 is 0 Å². The summed E-state index contributed by atoms with van der Waals surface area (Å²) in [6.45, 7) is 8.06. The Balaban J connectivity index is 1.50. The Morgan fingerprint density at radius 3 is 2.26 bits per heavy atom. The fourth-order valence-electron chi connectivity index (χ4n) is 3.13. The van der Waals surface area contributed by atoms with Crippen LogP contribution in [0.4, 0.5) is 5.69 Å². The van der Waals surface area contributed by atoms with Crippen molar-refractivity contribution in [3.8, 4) is 5.75 Å². The standard InChI is InChI=1S/C26H29IN2O2/c1-26(2,3)21-10-8-19(9-11-21)16-28-17-20-6-4-5-7-24(20)31-18-25(30)29-23-14-12-22(27)13-15-23/h4-15,28H,16-18H2,1-3H3,(H,29,30). The number of ether oxygens (including phenoxy) is 1. The lowest BCUT2D eigenvalue weighted by molar-refractivity contribution is -0.118. The molecule has 0 aliphatic heterocycles. The van der Waals surface area contributed by atoms with Crippen molar-refractivity contribution in [1.82, 2.24) is 5.32 Å². The predicted octanol–water partition coefficient (Wildman–Crippen LogP) is 5.90. The SMILES string of the molecule is CC(C)(C)c1ccc(CNCc2ccccc2OCC(=O)Nc2ccc(I)cc2)cc1. The normalized spacial score (nSPS) is 11.2. The van der Waals surface area contributed by atoms with Crippen LogP contribution in [-0.4, -0.2) is 12.5 Å². The Labute approximate surface area is 198 Å². The third-order valence-electron chi connectivity index (χ3n) is 4.92. The number of nitrogens with one attached hydrogen (secondary N) is 2. The number of hydrogen-bond acceptors (Lipinski definition) is 3. The number of rotatable bonds is 8. The number of anilines is 1. The first kappa shape index (κ1) is 23.3. The van der Waals surface area contributed by atoms with Crippen molar-refractivity contribution in [2.24, 2.45) is 0 Å². The molecular weight excluding hydrogens is 499 g/mol. The summed E-state index contributed by atoms with van der Waals surface area (Å²) in [6.07, 6.45) is 0. The van der Waals surface area contributed by atoms with Crippen LogP contribution in [0.5, 0.6) is 5.75 Å². The van der Waals surface area contributed by atoms with Crippen LogP contribution in [0, 0.1) is 3.57 Å². The molecule has 0 atom stereocenters. The lowest BCUT2D eigenvalue weighted by atomic mass is 9.87. The lowest BCUT2D eigenvalue weighted by Crippen LogP contribution is -2.21. The first-order chi connectivity index (χ1) is 14.8. The third kappa shape index (κ3) is 7.36. The number of hydrogen-bond donors (Lipinski definition) is 2. The fraction of sp³-hybridized carbons (Fsp3) is 0.269.